The molecule has 118 valence electrons. The summed E-state index contributed by atoms with van der Waals surface area (Å²) in [5.74, 6) is 0.749. The van der Waals surface area contributed by atoms with E-state index >= 15 is 0 Å². The molecule has 23 heavy (non-hydrogen) atoms. The quantitative estimate of drug-likeness (QED) is 0.740. The highest BCUT2D eigenvalue weighted by Gasteiger charge is 2.16. The van der Waals surface area contributed by atoms with E-state index in [9.17, 15) is 4.79 Å². The molecule has 2 aromatic heterocycles. The summed E-state index contributed by atoms with van der Waals surface area (Å²) < 4.78 is 8.31. The highest BCUT2D eigenvalue weighted by Crippen LogP contribution is 2.23. The van der Waals surface area contributed by atoms with E-state index in [0.717, 1.165) is 10.0 Å². The standard InChI is InChI=1S/C17H16BrN3O2/c1-12(14-5-2-3-6-15(14)18)20-17(22)16-8-7-13(23-16)11-21-10-4-9-19-21/h2-10,12H,11H2,1H3,(H,20,22). The number of amides is 1. The van der Waals surface area contributed by atoms with E-state index in [1.165, 1.54) is 0 Å². The van der Waals surface area contributed by atoms with Gasteiger partial charge < -0.3 is 9.73 Å². The first-order chi connectivity index (χ1) is 11.1. The molecule has 1 atom stereocenters. The lowest BCUT2D eigenvalue weighted by molar-refractivity contribution is 0.0909. The molecule has 1 amide bonds. The molecule has 3 aromatic rings. The van der Waals surface area contributed by atoms with Crippen LogP contribution in [0.2, 0.25) is 0 Å². The molecule has 0 radical (unpaired) electrons. The summed E-state index contributed by atoms with van der Waals surface area (Å²) in [5.41, 5.74) is 1.02. The van der Waals surface area contributed by atoms with Crippen LogP contribution in [0, 0.1) is 0 Å². The number of halogens is 1. The summed E-state index contributed by atoms with van der Waals surface area (Å²) in [5, 5.41) is 7.05. The Morgan fingerprint density at radius 1 is 1.30 bits per heavy atom. The van der Waals surface area contributed by atoms with Crippen molar-refractivity contribution in [3.8, 4) is 0 Å². The van der Waals surface area contributed by atoms with E-state index in [2.05, 4.69) is 26.3 Å². The third kappa shape index (κ3) is 3.71. The fourth-order valence-corrected chi connectivity index (χ4v) is 2.94. The number of rotatable bonds is 5. The molecule has 1 N–H and O–H groups in total. The van der Waals surface area contributed by atoms with E-state index in [4.69, 9.17) is 4.42 Å². The van der Waals surface area contributed by atoms with Gasteiger partial charge in [-0.05, 0) is 36.8 Å². The second-order valence-electron chi connectivity index (χ2n) is 5.19. The van der Waals surface area contributed by atoms with Gasteiger partial charge in [0, 0.05) is 16.9 Å². The highest BCUT2D eigenvalue weighted by atomic mass is 79.9. The van der Waals surface area contributed by atoms with Crippen LogP contribution in [-0.4, -0.2) is 15.7 Å². The topological polar surface area (TPSA) is 60.1 Å². The van der Waals surface area contributed by atoms with Gasteiger partial charge in [-0.25, -0.2) is 0 Å². The van der Waals surface area contributed by atoms with Crippen LogP contribution >= 0.6 is 15.9 Å². The van der Waals surface area contributed by atoms with E-state index < -0.39 is 0 Å². The summed E-state index contributed by atoms with van der Waals surface area (Å²) >= 11 is 3.50. The Kier molecular flexibility index (Phi) is 4.62. The van der Waals surface area contributed by atoms with Gasteiger partial charge in [0.05, 0.1) is 12.6 Å². The average Bonchev–Trinajstić information content (AvgIpc) is 3.20. The largest absolute Gasteiger partial charge is 0.454 e. The molecule has 0 bridgehead atoms. The molecular formula is C17H16BrN3O2. The molecule has 3 rings (SSSR count). The van der Waals surface area contributed by atoms with Crippen LogP contribution in [0.5, 0.6) is 0 Å². The Labute approximate surface area is 142 Å². The van der Waals surface area contributed by atoms with Crippen LogP contribution in [0.4, 0.5) is 0 Å². The highest BCUT2D eigenvalue weighted by molar-refractivity contribution is 9.10. The molecule has 0 saturated heterocycles. The van der Waals surface area contributed by atoms with Gasteiger partial charge in [0.1, 0.15) is 5.76 Å². The second kappa shape index (κ2) is 6.83. The van der Waals surface area contributed by atoms with Crippen molar-refractivity contribution in [2.45, 2.75) is 19.5 Å². The minimum absolute atomic E-state index is 0.127. The molecule has 1 aromatic carbocycles. The summed E-state index contributed by atoms with van der Waals surface area (Å²) in [4.78, 5) is 12.3. The molecule has 2 heterocycles. The van der Waals surface area contributed by atoms with Gasteiger partial charge >= 0.3 is 0 Å². The van der Waals surface area contributed by atoms with E-state index in [0.29, 0.717) is 18.1 Å². The molecule has 0 fully saturated rings. The van der Waals surface area contributed by atoms with Gasteiger partial charge in [0.15, 0.2) is 5.76 Å². The summed E-state index contributed by atoms with van der Waals surface area (Å²) in [7, 11) is 0. The fourth-order valence-electron chi connectivity index (χ4n) is 2.31. The number of hydrogen-bond acceptors (Lipinski definition) is 3. The van der Waals surface area contributed by atoms with Crippen LogP contribution < -0.4 is 5.32 Å². The van der Waals surface area contributed by atoms with Crippen LogP contribution in [0.1, 0.15) is 34.8 Å². The molecule has 0 aliphatic rings. The first kappa shape index (κ1) is 15.6. The van der Waals surface area contributed by atoms with Gasteiger partial charge in [0.2, 0.25) is 0 Å². The normalized spacial score (nSPS) is 12.1. The van der Waals surface area contributed by atoms with E-state index in [-0.39, 0.29) is 11.9 Å². The third-order valence-electron chi connectivity index (χ3n) is 3.48. The molecule has 0 saturated carbocycles. The summed E-state index contributed by atoms with van der Waals surface area (Å²) in [6.45, 7) is 2.44. The van der Waals surface area contributed by atoms with Gasteiger partial charge in [-0.15, -0.1) is 0 Å². The van der Waals surface area contributed by atoms with Crippen molar-refractivity contribution in [2.75, 3.05) is 0 Å². The number of carbonyl (C=O) groups is 1. The van der Waals surface area contributed by atoms with Gasteiger partial charge in [-0.1, -0.05) is 34.1 Å². The van der Waals surface area contributed by atoms with Gasteiger partial charge in [-0.2, -0.15) is 5.10 Å². The number of benzene rings is 1. The molecule has 1 unspecified atom stereocenters. The van der Waals surface area contributed by atoms with Crippen molar-refractivity contribution in [2.24, 2.45) is 0 Å². The summed E-state index contributed by atoms with van der Waals surface area (Å²) in [6.07, 6.45) is 3.55. The smallest absolute Gasteiger partial charge is 0.287 e. The molecular weight excluding hydrogens is 358 g/mol. The second-order valence-corrected chi connectivity index (χ2v) is 6.04. The zero-order valence-electron chi connectivity index (χ0n) is 12.6. The maximum Gasteiger partial charge on any atom is 0.287 e. The SMILES string of the molecule is CC(NC(=O)c1ccc(Cn2cccn2)o1)c1ccccc1Br. The number of nitrogens with zero attached hydrogens (tertiary/aromatic N) is 2. The molecule has 0 spiro atoms. The minimum Gasteiger partial charge on any atom is -0.454 e. The van der Waals surface area contributed by atoms with Gasteiger partial charge in [-0.3, -0.25) is 9.48 Å². The zero-order chi connectivity index (χ0) is 16.2. The van der Waals surface area contributed by atoms with Crippen LogP contribution in [0.15, 0.2) is 63.7 Å². The number of aromatic nitrogens is 2. The lowest BCUT2D eigenvalue weighted by atomic mass is 10.1. The Morgan fingerprint density at radius 2 is 2.13 bits per heavy atom. The summed E-state index contributed by atoms with van der Waals surface area (Å²) in [6, 6.07) is 13.0. The van der Waals surface area contributed by atoms with Gasteiger partial charge in [0.25, 0.3) is 5.91 Å². The predicted molar refractivity (Wildman–Crippen MR) is 90.1 cm³/mol. The van der Waals surface area contributed by atoms with Crippen molar-refractivity contribution in [1.29, 1.82) is 0 Å². The minimum atomic E-state index is -0.236. The zero-order valence-corrected chi connectivity index (χ0v) is 14.2. The van der Waals surface area contributed by atoms with Crippen molar-refractivity contribution in [3.05, 3.63) is 76.4 Å². The maximum atomic E-state index is 12.3. The Balaban J connectivity index is 1.66. The van der Waals surface area contributed by atoms with E-state index in [1.807, 2.05) is 43.5 Å². The first-order valence-corrected chi connectivity index (χ1v) is 8.04. The van der Waals surface area contributed by atoms with Crippen molar-refractivity contribution in [3.63, 3.8) is 0 Å². The lowest BCUT2D eigenvalue weighted by Crippen LogP contribution is -2.26. The number of furan rings is 1. The number of carbonyl (C=O) groups excluding carboxylic acids is 1. The molecule has 0 aliphatic heterocycles. The maximum absolute atomic E-state index is 12.3. The van der Waals surface area contributed by atoms with Crippen LogP contribution in [0.25, 0.3) is 0 Å². The van der Waals surface area contributed by atoms with Crippen LogP contribution in [-0.2, 0) is 6.54 Å². The van der Waals surface area contributed by atoms with Crippen molar-refractivity contribution >= 4 is 21.8 Å². The Hall–Kier alpha value is -2.34. The number of nitrogens with one attached hydrogen (secondary N) is 1. The van der Waals surface area contributed by atoms with Crippen LogP contribution in [0.3, 0.4) is 0 Å². The third-order valence-corrected chi connectivity index (χ3v) is 4.20. The monoisotopic (exact) mass is 373 g/mol. The molecule has 5 nitrogen and oxygen atoms in total. The van der Waals surface area contributed by atoms with Crippen molar-refractivity contribution < 1.29 is 9.21 Å². The van der Waals surface area contributed by atoms with E-state index in [1.54, 1.807) is 23.0 Å². The Morgan fingerprint density at radius 3 is 2.87 bits per heavy atom. The lowest BCUT2D eigenvalue weighted by Gasteiger charge is -2.14. The van der Waals surface area contributed by atoms with Crippen molar-refractivity contribution in [1.82, 2.24) is 15.1 Å². The first-order valence-electron chi connectivity index (χ1n) is 7.25. The fraction of sp³-hybridized carbons (Fsp3) is 0.176. The molecule has 6 heteroatoms. The molecule has 0 aliphatic carbocycles. The number of hydrogen-bond donors (Lipinski definition) is 1. The average molecular weight is 374 g/mol. The Bertz CT molecular complexity index is 796. The predicted octanol–water partition coefficient (Wildman–Crippen LogP) is 3.78.